The highest BCUT2D eigenvalue weighted by atomic mass is 16.5. The van der Waals surface area contributed by atoms with Gasteiger partial charge in [0.1, 0.15) is 5.75 Å². The van der Waals surface area contributed by atoms with Gasteiger partial charge in [-0.2, -0.15) is 0 Å². The van der Waals surface area contributed by atoms with Crippen molar-refractivity contribution in [3.8, 4) is 5.75 Å². The number of nitrogens with two attached hydrogens (primary N) is 1. The van der Waals surface area contributed by atoms with E-state index in [1.54, 1.807) is 7.11 Å². The first kappa shape index (κ1) is 15.4. The molecule has 3 N–H and O–H groups in total. The van der Waals surface area contributed by atoms with Crippen molar-refractivity contribution in [1.29, 1.82) is 0 Å². The number of nitrogens with one attached hydrogen (secondary N) is 1. The molecule has 0 saturated heterocycles. The molecule has 3 heteroatoms. The third kappa shape index (κ3) is 3.99. The summed E-state index contributed by atoms with van der Waals surface area (Å²) in [6.07, 6.45) is 0. The van der Waals surface area contributed by atoms with Crippen LogP contribution < -0.4 is 15.8 Å². The van der Waals surface area contributed by atoms with Gasteiger partial charge in [0.15, 0.2) is 0 Å². The number of ether oxygens (including phenoxy) is 1. The van der Waals surface area contributed by atoms with Gasteiger partial charge in [0.25, 0.3) is 0 Å². The second-order valence-corrected chi connectivity index (χ2v) is 5.48. The molecule has 3 nitrogen and oxygen atoms in total. The highest BCUT2D eigenvalue weighted by Crippen LogP contribution is 2.23. The molecule has 1 unspecified atom stereocenters. The quantitative estimate of drug-likeness (QED) is 0.845. The van der Waals surface area contributed by atoms with E-state index in [1.165, 1.54) is 11.1 Å². The second-order valence-electron chi connectivity index (χ2n) is 5.48. The molecule has 1 atom stereocenters. The summed E-state index contributed by atoms with van der Waals surface area (Å²) >= 11 is 0. The van der Waals surface area contributed by atoms with Crippen LogP contribution in [-0.4, -0.2) is 13.7 Å². The normalized spacial score (nSPS) is 12.2. The van der Waals surface area contributed by atoms with E-state index >= 15 is 0 Å². The van der Waals surface area contributed by atoms with Gasteiger partial charge in [-0.25, -0.2) is 0 Å². The van der Waals surface area contributed by atoms with Crippen molar-refractivity contribution in [3.05, 3.63) is 59.7 Å². The summed E-state index contributed by atoms with van der Waals surface area (Å²) in [6.45, 7) is 4.95. The molecule has 21 heavy (non-hydrogen) atoms. The maximum atomic E-state index is 5.92. The fraction of sp³-hybridized carbons (Fsp3) is 0.333. The first-order valence-electron chi connectivity index (χ1n) is 7.34. The maximum absolute atomic E-state index is 5.92. The predicted molar refractivity (Wildman–Crippen MR) is 88.9 cm³/mol. The smallest absolute Gasteiger partial charge is 0.119 e. The van der Waals surface area contributed by atoms with Crippen LogP contribution in [0, 0.1) is 0 Å². The van der Waals surface area contributed by atoms with Crippen LogP contribution in [-0.2, 0) is 0 Å². The summed E-state index contributed by atoms with van der Waals surface area (Å²) < 4.78 is 5.17. The van der Waals surface area contributed by atoms with Gasteiger partial charge < -0.3 is 15.8 Å². The fourth-order valence-corrected chi connectivity index (χ4v) is 2.28. The van der Waals surface area contributed by atoms with Crippen LogP contribution in [0.1, 0.15) is 36.9 Å². The molecule has 0 saturated carbocycles. The Balaban J connectivity index is 2.11. The van der Waals surface area contributed by atoms with Crippen LogP contribution >= 0.6 is 0 Å². The zero-order chi connectivity index (χ0) is 15.2. The minimum absolute atomic E-state index is 0.111. The standard InChI is InChI=1S/C18H24N2O/c1-13(2)14-4-6-15(7-5-14)18(12-19)20-16-8-10-17(21-3)11-9-16/h4-11,13,18,20H,12,19H2,1-3H3. The summed E-state index contributed by atoms with van der Waals surface area (Å²) in [5, 5.41) is 3.46. The molecule has 2 rings (SSSR count). The van der Waals surface area contributed by atoms with Gasteiger partial charge in [0, 0.05) is 12.2 Å². The van der Waals surface area contributed by atoms with E-state index in [0.29, 0.717) is 12.5 Å². The lowest BCUT2D eigenvalue weighted by atomic mass is 9.99. The Bertz CT molecular complexity index is 546. The van der Waals surface area contributed by atoms with Gasteiger partial charge >= 0.3 is 0 Å². The number of benzene rings is 2. The average molecular weight is 284 g/mol. The number of methoxy groups -OCH3 is 1. The molecule has 0 spiro atoms. The molecule has 0 heterocycles. The molecule has 0 radical (unpaired) electrons. The van der Waals surface area contributed by atoms with Gasteiger partial charge in [0.2, 0.25) is 0 Å². The molecule has 0 aromatic heterocycles. The lowest BCUT2D eigenvalue weighted by Crippen LogP contribution is -2.20. The average Bonchev–Trinajstić information content (AvgIpc) is 2.53. The Labute approximate surface area is 127 Å². The Hall–Kier alpha value is -2.00. The summed E-state index contributed by atoms with van der Waals surface area (Å²) in [5.41, 5.74) is 9.51. The molecule has 0 amide bonds. The molecule has 0 aliphatic heterocycles. The molecule has 112 valence electrons. The van der Waals surface area contributed by atoms with Crippen LogP contribution in [0.4, 0.5) is 5.69 Å². The van der Waals surface area contributed by atoms with E-state index in [4.69, 9.17) is 10.5 Å². The number of rotatable bonds is 6. The van der Waals surface area contributed by atoms with Crippen LogP contribution in [0.25, 0.3) is 0 Å². The van der Waals surface area contributed by atoms with E-state index in [0.717, 1.165) is 11.4 Å². The lowest BCUT2D eigenvalue weighted by Gasteiger charge is -2.19. The van der Waals surface area contributed by atoms with Crippen molar-refractivity contribution in [3.63, 3.8) is 0 Å². The van der Waals surface area contributed by atoms with Crippen molar-refractivity contribution in [2.24, 2.45) is 5.73 Å². The van der Waals surface area contributed by atoms with Crippen molar-refractivity contribution >= 4 is 5.69 Å². The fourth-order valence-electron chi connectivity index (χ4n) is 2.28. The topological polar surface area (TPSA) is 47.3 Å². The SMILES string of the molecule is COc1ccc(NC(CN)c2ccc(C(C)C)cc2)cc1. The summed E-state index contributed by atoms with van der Waals surface area (Å²) in [6, 6.07) is 16.7. The first-order valence-corrected chi connectivity index (χ1v) is 7.34. The van der Waals surface area contributed by atoms with Gasteiger partial charge in [0.05, 0.1) is 13.2 Å². The van der Waals surface area contributed by atoms with Crippen LogP contribution in [0.3, 0.4) is 0 Å². The molecule has 0 aliphatic carbocycles. The third-order valence-electron chi connectivity index (χ3n) is 3.67. The van der Waals surface area contributed by atoms with Crippen LogP contribution in [0.5, 0.6) is 5.75 Å². The lowest BCUT2D eigenvalue weighted by molar-refractivity contribution is 0.415. The van der Waals surface area contributed by atoms with Crippen LogP contribution in [0.2, 0.25) is 0 Å². The number of hydrogen-bond donors (Lipinski definition) is 2. The van der Waals surface area contributed by atoms with Gasteiger partial charge in [-0.3, -0.25) is 0 Å². The Morgan fingerprint density at radius 1 is 0.952 bits per heavy atom. The Morgan fingerprint density at radius 2 is 1.52 bits per heavy atom. The van der Waals surface area contributed by atoms with E-state index in [9.17, 15) is 0 Å². The van der Waals surface area contributed by atoms with E-state index in [1.807, 2.05) is 24.3 Å². The van der Waals surface area contributed by atoms with Gasteiger partial charge in [-0.15, -0.1) is 0 Å². The summed E-state index contributed by atoms with van der Waals surface area (Å²) in [4.78, 5) is 0. The molecule has 0 fully saturated rings. The first-order chi connectivity index (χ1) is 10.1. The van der Waals surface area contributed by atoms with Crippen molar-refractivity contribution in [2.75, 3.05) is 19.0 Å². The zero-order valence-electron chi connectivity index (χ0n) is 13.0. The minimum atomic E-state index is 0.111. The molecule has 2 aromatic carbocycles. The highest BCUT2D eigenvalue weighted by Gasteiger charge is 2.10. The van der Waals surface area contributed by atoms with Crippen molar-refractivity contribution in [1.82, 2.24) is 0 Å². The van der Waals surface area contributed by atoms with Gasteiger partial charge in [-0.1, -0.05) is 38.1 Å². The second kappa shape index (κ2) is 7.14. The zero-order valence-corrected chi connectivity index (χ0v) is 13.0. The van der Waals surface area contributed by atoms with Crippen LogP contribution in [0.15, 0.2) is 48.5 Å². The summed E-state index contributed by atoms with van der Waals surface area (Å²) in [5.74, 6) is 1.40. The highest BCUT2D eigenvalue weighted by molar-refractivity contribution is 5.48. The molecule has 0 aliphatic rings. The Morgan fingerprint density at radius 3 is 2.00 bits per heavy atom. The van der Waals surface area contributed by atoms with Crippen molar-refractivity contribution < 1.29 is 4.74 Å². The number of hydrogen-bond acceptors (Lipinski definition) is 3. The largest absolute Gasteiger partial charge is 0.497 e. The molecule has 2 aromatic rings. The predicted octanol–water partition coefficient (Wildman–Crippen LogP) is 3.93. The molecular weight excluding hydrogens is 260 g/mol. The van der Waals surface area contributed by atoms with Crippen molar-refractivity contribution in [2.45, 2.75) is 25.8 Å². The third-order valence-corrected chi connectivity index (χ3v) is 3.67. The number of anilines is 1. The van der Waals surface area contributed by atoms with E-state index < -0.39 is 0 Å². The molecular formula is C18H24N2O. The minimum Gasteiger partial charge on any atom is -0.497 e. The maximum Gasteiger partial charge on any atom is 0.119 e. The van der Waals surface area contributed by atoms with E-state index in [2.05, 4.69) is 43.4 Å². The van der Waals surface area contributed by atoms with E-state index in [-0.39, 0.29) is 6.04 Å². The van der Waals surface area contributed by atoms with Gasteiger partial charge in [-0.05, 0) is 41.3 Å². The monoisotopic (exact) mass is 284 g/mol. The molecule has 0 bridgehead atoms. The Kier molecular flexibility index (Phi) is 5.23. The summed E-state index contributed by atoms with van der Waals surface area (Å²) in [7, 11) is 1.67.